The highest BCUT2D eigenvalue weighted by molar-refractivity contribution is 5.56. The summed E-state index contributed by atoms with van der Waals surface area (Å²) in [6, 6.07) is 7.66. The topological polar surface area (TPSA) is 35.0 Å². The molecular weight excluding hydrogens is 200 g/mol. The molecule has 2 aromatic heterocycles. The van der Waals surface area contributed by atoms with Gasteiger partial charge in [0.1, 0.15) is 5.75 Å². The van der Waals surface area contributed by atoms with Gasteiger partial charge in [-0.15, -0.1) is 0 Å². The molecule has 0 aliphatic carbocycles. The van der Waals surface area contributed by atoms with E-state index in [1.807, 2.05) is 31.2 Å². The van der Waals surface area contributed by atoms with E-state index in [4.69, 9.17) is 4.74 Å². The lowest BCUT2D eigenvalue weighted by atomic mass is 10.2. The van der Waals surface area contributed by atoms with Crippen molar-refractivity contribution in [3.05, 3.63) is 42.2 Å². The highest BCUT2D eigenvalue weighted by Gasteiger charge is 2.02. The molecule has 0 aromatic carbocycles. The number of ether oxygens (including phenoxy) is 1. The van der Waals surface area contributed by atoms with Crippen LogP contribution < -0.4 is 4.74 Å². The van der Waals surface area contributed by atoms with Gasteiger partial charge in [0.2, 0.25) is 0 Å². The second-order valence-corrected chi connectivity index (χ2v) is 3.30. The van der Waals surface area contributed by atoms with Gasteiger partial charge in [-0.1, -0.05) is 7.43 Å². The lowest BCUT2D eigenvalue weighted by Crippen LogP contribution is -1.89. The molecule has 0 radical (unpaired) electrons. The van der Waals surface area contributed by atoms with Crippen molar-refractivity contribution in [3.8, 4) is 17.1 Å². The molecule has 16 heavy (non-hydrogen) atoms. The molecule has 0 saturated heterocycles. The van der Waals surface area contributed by atoms with Crippen molar-refractivity contribution < 1.29 is 4.74 Å². The molecule has 0 fully saturated rings. The van der Waals surface area contributed by atoms with Gasteiger partial charge in [-0.25, -0.2) is 0 Å². The number of rotatable bonds is 2. The van der Waals surface area contributed by atoms with Crippen LogP contribution in [0.15, 0.2) is 36.7 Å². The summed E-state index contributed by atoms with van der Waals surface area (Å²) in [5.41, 5.74) is 2.87. The van der Waals surface area contributed by atoms with Crippen LogP contribution in [0.2, 0.25) is 0 Å². The summed E-state index contributed by atoms with van der Waals surface area (Å²) in [4.78, 5) is 8.52. The number of hydrogen-bond acceptors (Lipinski definition) is 3. The third kappa shape index (κ3) is 2.57. The van der Waals surface area contributed by atoms with Crippen LogP contribution in [-0.2, 0) is 0 Å². The van der Waals surface area contributed by atoms with Crippen molar-refractivity contribution in [3.63, 3.8) is 0 Å². The summed E-state index contributed by atoms with van der Waals surface area (Å²) >= 11 is 0. The predicted octanol–water partition coefficient (Wildman–Crippen LogP) is 3.10. The summed E-state index contributed by atoms with van der Waals surface area (Å²) in [6.45, 7) is 2.03. The first kappa shape index (κ1) is 12.2. The van der Waals surface area contributed by atoms with Gasteiger partial charge in [0.15, 0.2) is 0 Å². The normalized spacial score (nSPS) is 9.38. The monoisotopic (exact) mass is 216 g/mol. The maximum atomic E-state index is 5.14. The van der Waals surface area contributed by atoms with Gasteiger partial charge in [-0.05, 0) is 30.7 Å². The SMILES string of the molecule is C.COc1ccnc(-c2cc(C)ccn2)c1. The Balaban J connectivity index is 0.00000128. The third-order valence-electron chi connectivity index (χ3n) is 2.14. The number of hydrogen-bond donors (Lipinski definition) is 0. The molecule has 0 spiro atoms. The first-order chi connectivity index (χ1) is 7.29. The summed E-state index contributed by atoms with van der Waals surface area (Å²) in [5.74, 6) is 0.795. The van der Waals surface area contributed by atoms with Gasteiger partial charge in [0.25, 0.3) is 0 Å². The van der Waals surface area contributed by atoms with Crippen molar-refractivity contribution in [1.82, 2.24) is 9.97 Å². The van der Waals surface area contributed by atoms with E-state index in [2.05, 4.69) is 9.97 Å². The molecule has 0 amide bonds. The quantitative estimate of drug-likeness (QED) is 0.773. The van der Waals surface area contributed by atoms with Gasteiger partial charge >= 0.3 is 0 Å². The van der Waals surface area contributed by atoms with Crippen molar-refractivity contribution in [2.75, 3.05) is 7.11 Å². The first-order valence-corrected chi connectivity index (χ1v) is 4.72. The van der Waals surface area contributed by atoms with Crippen LogP contribution in [0.4, 0.5) is 0 Å². The minimum absolute atomic E-state index is 0. The molecule has 2 rings (SSSR count). The maximum absolute atomic E-state index is 5.14. The Kier molecular flexibility index (Phi) is 4.00. The zero-order valence-corrected chi connectivity index (χ0v) is 8.77. The Hall–Kier alpha value is -1.90. The summed E-state index contributed by atoms with van der Waals surface area (Å²) in [5, 5.41) is 0. The van der Waals surface area contributed by atoms with Crippen molar-refractivity contribution in [2.45, 2.75) is 14.4 Å². The molecule has 0 N–H and O–H groups in total. The molecule has 2 aromatic rings. The lowest BCUT2D eigenvalue weighted by molar-refractivity contribution is 0.414. The van der Waals surface area contributed by atoms with Gasteiger partial charge < -0.3 is 4.74 Å². The Morgan fingerprint density at radius 2 is 1.62 bits per heavy atom. The van der Waals surface area contributed by atoms with E-state index in [0.717, 1.165) is 17.1 Å². The average Bonchev–Trinajstić information content (AvgIpc) is 2.29. The van der Waals surface area contributed by atoms with Crippen molar-refractivity contribution >= 4 is 0 Å². The number of aryl methyl sites for hydroxylation is 1. The summed E-state index contributed by atoms with van der Waals surface area (Å²) < 4.78 is 5.14. The number of nitrogens with zero attached hydrogens (tertiary/aromatic N) is 2. The van der Waals surface area contributed by atoms with Gasteiger partial charge in [-0.3, -0.25) is 9.97 Å². The van der Waals surface area contributed by atoms with Gasteiger partial charge in [0.05, 0.1) is 18.5 Å². The Morgan fingerprint density at radius 3 is 2.25 bits per heavy atom. The molecule has 0 atom stereocenters. The van der Waals surface area contributed by atoms with Gasteiger partial charge in [-0.2, -0.15) is 0 Å². The third-order valence-corrected chi connectivity index (χ3v) is 2.14. The first-order valence-electron chi connectivity index (χ1n) is 4.72. The van der Waals surface area contributed by atoms with E-state index < -0.39 is 0 Å². The van der Waals surface area contributed by atoms with E-state index in [0.29, 0.717) is 0 Å². The van der Waals surface area contributed by atoms with Crippen molar-refractivity contribution in [2.24, 2.45) is 0 Å². The molecule has 0 aliphatic heterocycles. The van der Waals surface area contributed by atoms with Crippen LogP contribution in [0.25, 0.3) is 11.4 Å². The predicted molar refractivity (Wildman–Crippen MR) is 65.5 cm³/mol. The summed E-state index contributed by atoms with van der Waals surface area (Å²) in [7, 11) is 1.64. The number of methoxy groups -OCH3 is 1. The fourth-order valence-electron chi connectivity index (χ4n) is 1.35. The van der Waals surface area contributed by atoms with Gasteiger partial charge in [0, 0.05) is 18.5 Å². The molecular formula is C13H16N2O. The van der Waals surface area contributed by atoms with E-state index in [-0.39, 0.29) is 7.43 Å². The molecule has 3 heteroatoms. The standard InChI is InChI=1S/C12H12N2O.CH4/c1-9-3-5-13-11(7-9)12-8-10(15-2)4-6-14-12;/h3-8H,1-2H3;1H4. The van der Waals surface area contributed by atoms with Crippen LogP contribution in [0, 0.1) is 6.92 Å². The summed E-state index contributed by atoms with van der Waals surface area (Å²) in [6.07, 6.45) is 3.50. The Labute approximate surface area is 96.1 Å². The molecule has 3 nitrogen and oxygen atoms in total. The molecule has 0 bridgehead atoms. The number of pyridine rings is 2. The molecule has 0 aliphatic rings. The zero-order valence-electron chi connectivity index (χ0n) is 8.77. The Morgan fingerprint density at radius 1 is 1.00 bits per heavy atom. The maximum Gasteiger partial charge on any atom is 0.122 e. The van der Waals surface area contributed by atoms with E-state index >= 15 is 0 Å². The van der Waals surface area contributed by atoms with E-state index in [1.165, 1.54) is 5.56 Å². The highest BCUT2D eigenvalue weighted by atomic mass is 16.5. The Bertz CT molecular complexity index is 469. The zero-order chi connectivity index (χ0) is 10.7. The van der Waals surface area contributed by atoms with Crippen LogP contribution in [0.3, 0.4) is 0 Å². The minimum atomic E-state index is 0. The number of aromatic nitrogens is 2. The van der Waals surface area contributed by atoms with Crippen LogP contribution >= 0.6 is 0 Å². The largest absolute Gasteiger partial charge is 0.497 e. The second kappa shape index (κ2) is 5.26. The lowest BCUT2D eigenvalue weighted by Gasteiger charge is -2.03. The smallest absolute Gasteiger partial charge is 0.122 e. The fourth-order valence-corrected chi connectivity index (χ4v) is 1.35. The molecule has 2 heterocycles. The van der Waals surface area contributed by atoms with E-state index in [1.54, 1.807) is 19.5 Å². The highest BCUT2D eigenvalue weighted by Crippen LogP contribution is 2.19. The molecule has 0 unspecified atom stereocenters. The average molecular weight is 216 g/mol. The van der Waals surface area contributed by atoms with Crippen molar-refractivity contribution in [1.29, 1.82) is 0 Å². The van der Waals surface area contributed by atoms with Crippen LogP contribution in [0.5, 0.6) is 5.75 Å². The van der Waals surface area contributed by atoms with Crippen LogP contribution in [-0.4, -0.2) is 17.1 Å². The minimum Gasteiger partial charge on any atom is -0.497 e. The fraction of sp³-hybridized carbons (Fsp3) is 0.231. The second-order valence-electron chi connectivity index (χ2n) is 3.30. The van der Waals surface area contributed by atoms with E-state index in [9.17, 15) is 0 Å². The molecule has 0 saturated carbocycles. The molecule has 84 valence electrons. The van der Waals surface area contributed by atoms with Crippen LogP contribution in [0.1, 0.15) is 13.0 Å².